The number of unbranched alkanes of at least 4 members (excludes halogenated alkanes) is 15. The molecule has 162 valence electrons. The van der Waals surface area contributed by atoms with Gasteiger partial charge in [0, 0.05) is 16.6 Å². The largest absolute Gasteiger partial charge is 0.493 e. The first-order valence-corrected chi connectivity index (χ1v) is 13.1. The average molecular weight is 408 g/mol. The highest BCUT2D eigenvalue weighted by atomic mass is 32.2. The molecule has 28 heavy (non-hydrogen) atoms. The molecule has 0 amide bonds. The van der Waals surface area contributed by atoms with E-state index in [-0.39, 0.29) is 0 Å². The molecule has 0 bridgehead atoms. The summed E-state index contributed by atoms with van der Waals surface area (Å²) in [5, 5.41) is 0. The predicted molar refractivity (Wildman–Crippen MR) is 128 cm³/mol. The Hall–Kier alpha value is -0.830. The molecule has 0 spiro atoms. The smallest absolute Gasteiger partial charge is 0.122 e. The first-order chi connectivity index (χ1) is 13.8. The number of anilines is 1. The molecule has 2 nitrogen and oxygen atoms in total. The number of benzene rings is 1. The first-order valence-electron chi connectivity index (χ1n) is 11.8. The zero-order valence-corrected chi connectivity index (χ0v) is 19.5. The predicted octanol–water partition coefficient (Wildman–Crippen LogP) is 8.63. The van der Waals surface area contributed by atoms with E-state index in [9.17, 15) is 0 Å². The summed E-state index contributed by atoms with van der Waals surface area (Å²) in [4.78, 5) is 1.17. The highest BCUT2D eigenvalue weighted by Crippen LogP contribution is 2.25. The highest BCUT2D eigenvalue weighted by molar-refractivity contribution is 7.98. The second-order valence-corrected chi connectivity index (χ2v) is 8.97. The van der Waals surface area contributed by atoms with E-state index in [0.717, 1.165) is 24.5 Å². The van der Waals surface area contributed by atoms with Gasteiger partial charge in [-0.25, -0.2) is 0 Å². The van der Waals surface area contributed by atoms with Crippen molar-refractivity contribution in [2.24, 2.45) is 0 Å². The van der Waals surface area contributed by atoms with E-state index in [1.54, 1.807) is 11.8 Å². The van der Waals surface area contributed by atoms with Gasteiger partial charge < -0.3 is 10.5 Å². The number of nitrogen functional groups attached to an aromatic ring is 1. The minimum absolute atomic E-state index is 0.786. The average Bonchev–Trinajstić information content (AvgIpc) is 2.70. The van der Waals surface area contributed by atoms with Crippen LogP contribution in [0.3, 0.4) is 0 Å². The lowest BCUT2D eigenvalue weighted by molar-refractivity contribution is 0.304. The lowest BCUT2D eigenvalue weighted by Gasteiger charge is -2.08. The van der Waals surface area contributed by atoms with Gasteiger partial charge in [-0.3, -0.25) is 0 Å². The summed E-state index contributed by atoms with van der Waals surface area (Å²) in [5.41, 5.74) is 6.69. The molecule has 2 N–H and O–H groups in total. The van der Waals surface area contributed by atoms with Crippen LogP contribution in [0.1, 0.15) is 110 Å². The minimum atomic E-state index is 0.786. The Morgan fingerprint density at radius 3 is 1.61 bits per heavy atom. The van der Waals surface area contributed by atoms with Crippen molar-refractivity contribution in [3.63, 3.8) is 0 Å². The van der Waals surface area contributed by atoms with Crippen molar-refractivity contribution in [1.29, 1.82) is 0 Å². The Morgan fingerprint density at radius 2 is 1.14 bits per heavy atom. The molecule has 0 fully saturated rings. The maximum Gasteiger partial charge on any atom is 0.122 e. The van der Waals surface area contributed by atoms with Crippen molar-refractivity contribution in [3.05, 3.63) is 18.2 Å². The topological polar surface area (TPSA) is 35.2 Å². The Morgan fingerprint density at radius 1 is 0.679 bits per heavy atom. The highest BCUT2D eigenvalue weighted by Gasteiger charge is 2.00. The molecule has 1 aromatic carbocycles. The third-order valence-electron chi connectivity index (χ3n) is 5.40. The summed E-state index contributed by atoms with van der Waals surface area (Å²) in [5.74, 6) is 0.908. The van der Waals surface area contributed by atoms with Crippen LogP contribution in [0.5, 0.6) is 5.75 Å². The van der Waals surface area contributed by atoms with Crippen molar-refractivity contribution in [3.8, 4) is 5.75 Å². The summed E-state index contributed by atoms with van der Waals surface area (Å²) in [7, 11) is 0. The number of thioether (sulfide) groups is 1. The molecule has 0 aromatic heterocycles. The maximum atomic E-state index is 5.91. The Bertz CT molecular complexity index is 478. The van der Waals surface area contributed by atoms with Gasteiger partial charge in [0.25, 0.3) is 0 Å². The van der Waals surface area contributed by atoms with Gasteiger partial charge >= 0.3 is 0 Å². The lowest BCUT2D eigenvalue weighted by atomic mass is 10.0. The molecule has 0 saturated heterocycles. The normalized spacial score (nSPS) is 11.1. The second kappa shape index (κ2) is 18.2. The number of rotatable bonds is 19. The van der Waals surface area contributed by atoms with E-state index in [2.05, 4.69) is 19.2 Å². The summed E-state index contributed by atoms with van der Waals surface area (Å²) in [6.45, 7) is 3.09. The Balaban J connectivity index is 1.82. The molecule has 0 heterocycles. The van der Waals surface area contributed by atoms with Gasteiger partial charge in [-0.2, -0.15) is 0 Å². The number of ether oxygens (including phenoxy) is 1. The van der Waals surface area contributed by atoms with Crippen LogP contribution in [-0.2, 0) is 0 Å². The Kier molecular flexibility index (Phi) is 16.4. The maximum absolute atomic E-state index is 5.91. The number of hydrogen-bond donors (Lipinski definition) is 1. The van der Waals surface area contributed by atoms with E-state index in [4.69, 9.17) is 10.5 Å². The molecule has 1 aromatic rings. The van der Waals surface area contributed by atoms with Gasteiger partial charge in [0.1, 0.15) is 5.75 Å². The third kappa shape index (κ3) is 14.2. The second-order valence-electron chi connectivity index (χ2n) is 8.09. The minimum Gasteiger partial charge on any atom is -0.493 e. The van der Waals surface area contributed by atoms with Gasteiger partial charge in [-0.05, 0) is 24.8 Å². The molecule has 3 heteroatoms. The SMILES string of the molecule is CCCCCCCCCCCCCCCCCCOc1cc(N)cc(SC)c1. The monoisotopic (exact) mass is 407 g/mol. The number of nitrogens with two attached hydrogens (primary N) is 1. The number of hydrogen-bond acceptors (Lipinski definition) is 3. The van der Waals surface area contributed by atoms with Gasteiger partial charge in [0.2, 0.25) is 0 Å². The van der Waals surface area contributed by atoms with Crippen molar-refractivity contribution < 1.29 is 4.74 Å². The third-order valence-corrected chi connectivity index (χ3v) is 6.11. The van der Waals surface area contributed by atoms with Crippen LogP contribution in [0.2, 0.25) is 0 Å². The molecule has 0 aliphatic carbocycles. The quantitative estimate of drug-likeness (QED) is 0.141. The van der Waals surface area contributed by atoms with Gasteiger partial charge in [0.05, 0.1) is 6.61 Å². The summed E-state index contributed by atoms with van der Waals surface area (Å²) < 4.78 is 5.86. The van der Waals surface area contributed by atoms with Crippen LogP contribution in [-0.4, -0.2) is 12.9 Å². The van der Waals surface area contributed by atoms with Crippen molar-refractivity contribution in [1.82, 2.24) is 0 Å². The fraction of sp³-hybridized carbons (Fsp3) is 0.760. The van der Waals surface area contributed by atoms with E-state index < -0.39 is 0 Å². The van der Waals surface area contributed by atoms with Crippen LogP contribution in [0.4, 0.5) is 5.69 Å². The summed E-state index contributed by atoms with van der Waals surface area (Å²) in [6, 6.07) is 5.99. The first kappa shape index (κ1) is 25.2. The fourth-order valence-corrected chi connectivity index (χ4v) is 4.12. The molecule has 0 unspecified atom stereocenters. The van der Waals surface area contributed by atoms with Crippen LogP contribution in [0, 0.1) is 0 Å². The van der Waals surface area contributed by atoms with Gasteiger partial charge in [-0.15, -0.1) is 11.8 Å². The van der Waals surface area contributed by atoms with E-state index in [1.807, 2.05) is 12.1 Å². The van der Waals surface area contributed by atoms with E-state index >= 15 is 0 Å². The molecule has 0 aliphatic heterocycles. The molecule has 0 radical (unpaired) electrons. The van der Waals surface area contributed by atoms with E-state index in [1.165, 1.54) is 101 Å². The van der Waals surface area contributed by atoms with Crippen LogP contribution >= 0.6 is 11.8 Å². The Labute approximate surface area is 179 Å². The van der Waals surface area contributed by atoms with Crippen molar-refractivity contribution in [2.75, 3.05) is 18.6 Å². The zero-order valence-electron chi connectivity index (χ0n) is 18.6. The zero-order chi connectivity index (χ0) is 20.3. The molecule has 0 atom stereocenters. The lowest BCUT2D eigenvalue weighted by Crippen LogP contribution is -1.98. The van der Waals surface area contributed by atoms with Crippen LogP contribution in [0.15, 0.2) is 23.1 Å². The van der Waals surface area contributed by atoms with Crippen molar-refractivity contribution in [2.45, 2.75) is 115 Å². The summed E-state index contributed by atoms with van der Waals surface area (Å²) in [6.07, 6.45) is 24.4. The van der Waals surface area contributed by atoms with Crippen LogP contribution < -0.4 is 10.5 Å². The molecular formula is C25H45NOS. The molecule has 0 aliphatic rings. The van der Waals surface area contributed by atoms with Gasteiger partial charge in [-0.1, -0.05) is 103 Å². The van der Waals surface area contributed by atoms with Crippen LogP contribution in [0.25, 0.3) is 0 Å². The summed E-state index contributed by atoms with van der Waals surface area (Å²) >= 11 is 1.70. The van der Waals surface area contributed by atoms with Gasteiger partial charge in [0.15, 0.2) is 0 Å². The fourth-order valence-electron chi connectivity index (χ4n) is 3.64. The molecule has 1 rings (SSSR count). The molecule has 0 saturated carbocycles. The molecular weight excluding hydrogens is 362 g/mol. The van der Waals surface area contributed by atoms with E-state index in [0.29, 0.717) is 0 Å². The standard InChI is InChI=1S/C25H45NOS/c1-3-4-5-6-7-8-9-10-11-12-13-14-15-16-17-18-19-27-24-20-23(26)21-25(22-24)28-2/h20-22H,3-19,26H2,1-2H3. The van der Waals surface area contributed by atoms with Crippen molar-refractivity contribution >= 4 is 17.4 Å².